The molecule has 0 bridgehead atoms. The van der Waals surface area contributed by atoms with Gasteiger partial charge < -0.3 is 14.4 Å². The quantitative estimate of drug-likeness (QED) is 0.485. The summed E-state index contributed by atoms with van der Waals surface area (Å²) in [4.78, 5) is 36.8. The molecule has 0 aliphatic carbocycles. The van der Waals surface area contributed by atoms with Gasteiger partial charge in [-0.15, -0.1) is 0 Å². The first-order valence-corrected chi connectivity index (χ1v) is 10.8. The summed E-state index contributed by atoms with van der Waals surface area (Å²) in [5.41, 5.74) is -0.570. The predicted octanol–water partition coefficient (Wildman–Crippen LogP) is 2.56. The molecule has 0 radical (unpaired) electrons. The largest absolute Gasteiger partial charge is 0.474 e. The molecule has 176 valence electrons. The molecule has 32 heavy (non-hydrogen) atoms. The summed E-state index contributed by atoms with van der Waals surface area (Å²) in [6, 6.07) is 1.81. The molecule has 2 fully saturated rings. The number of rotatable bonds is 3. The minimum Gasteiger partial charge on any atom is -0.466 e. The van der Waals surface area contributed by atoms with Gasteiger partial charge in [0, 0.05) is 36.7 Å². The Bertz CT molecular complexity index is 948. The number of hydrogen-bond acceptors (Lipinski definition) is 6. The number of carbonyl (C=O) groups excluding carboxylic acids is 3. The van der Waals surface area contributed by atoms with Gasteiger partial charge >= 0.3 is 24.1 Å². The number of amides is 2. The van der Waals surface area contributed by atoms with E-state index in [-0.39, 0.29) is 43.2 Å². The molecule has 2 heterocycles. The van der Waals surface area contributed by atoms with Gasteiger partial charge in [0.2, 0.25) is 6.10 Å². The summed E-state index contributed by atoms with van der Waals surface area (Å²) in [6.45, 7) is -0.158. The van der Waals surface area contributed by atoms with Crippen molar-refractivity contribution in [2.24, 2.45) is 4.36 Å². The zero-order valence-electron chi connectivity index (χ0n) is 16.7. The maximum Gasteiger partial charge on any atom is 0.474 e. The fourth-order valence-electron chi connectivity index (χ4n) is 3.27. The molecular formula is C18H18F5N3O5S. The van der Waals surface area contributed by atoms with Crippen LogP contribution in [0.3, 0.4) is 0 Å². The van der Waals surface area contributed by atoms with Crippen molar-refractivity contribution in [1.29, 1.82) is 0 Å². The number of methoxy groups -OCH3 is 1. The van der Waals surface area contributed by atoms with Gasteiger partial charge in [0.05, 0.1) is 19.3 Å². The Labute approximate surface area is 181 Å². The van der Waals surface area contributed by atoms with E-state index in [2.05, 4.69) is 9.10 Å². The van der Waals surface area contributed by atoms with Gasteiger partial charge in [-0.2, -0.15) is 17.5 Å². The predicted molar refractivity (Wildman–Crippen MR) is 103 cm³/mol. The molecule has 2 amide bonds. The maximum atomic E-state index is 14.8. The fraction of sp³-hybridized carbons (Fsp3) is 0.500. The van der Waals surface area contributed by atoms with E-state index in [0.29, 0.717) is 0 Å². The molecule has 0 spiro atoms. The second kappa shape index (κ2) is 9.38. The lowest BCUT2D eigenvalue weighted by Crippen LogP contribution is -2.30. The number of ether oxygens (including phenoxy) is 2. The minimum absolute atomic E-state index is 0.0128. The zero-order chi connectivity index (χ0) is 23.6. The van der Waals surface area contributed by atoms with Crippen molar-refractivity contribution in [3.8, 4) is 0 Å². The molecule has 2 unspecified atom stereocenters. The Kier molecular flexibility index (Phi) is 7.00. The fourth-order valence-corrected chi connectivity index (χ4v) is 4.89. The third-order valence-corrected chi connectivity index (χ3v) is 6.60. The van der Waals surface area contributed by atoms with E-state index >= 15 is 0 Å². The van der Waals surface area contributed by atoms with Crippen molar-refractivity contribution in [2.45, 2.75) is 18.7 Å². The Morgan fingerprint density at radius 3 is 2.44 bits per heavy atom. The minimum atomic E-state index is -5.06. The van der Waals surface area contributed by atoms with Crippen LogP contribution in [0.2, 0.25) is 0 Å². The third-order valence-electron chi connectivity index (χ3n) is 4.76. The number of benzene rings is 1. The summed E-state index contributed by atoms with van der Waals surface area (Å²) in [7, 11) is -0.108. The molecule has 1 aromatic rings. The smallest absolute Gasteiger partial charge is 0.466 e. The molecule has 8 nitrogen and oxygen atoms in total. The van der Waals surface area contributed by atoms with Crippen LogP contribution >= 0.6 is 0 Å². The number of cyclic esters (lactones) is 1. The molecule has 0 aromatic heterocycles. The van der Waals surface area contributed by atoms with E-state index in [1.807, 2.05) is 0 Å². The van der Waals surface area contributed by atoms with Gasteiger partial charge in [-0.05, 0) is 6.42 Å². The highest BCUT2D eigenvalue weighted by atomic mass is 32.2. The van der Waals surface area contributed by atoms with Gasteiger partial charge in [0.1, 0.15) is 5.69 Å². The highest BCUT2D eigenvalue weighted by Gasteiger charge is 2.40. The SMILES string of the molecule is COC(=O)C1CN(c2cc(F)c(N3CCC/S(=N\C(=O)C(F)(F)F)CC3)c(F)c2)C(=O)O1. The lowest BCUT2D eigenvalue weighted by atomic mass is 10.2. The summed E-state index contributed by atoms with van der Waals surface area (Å²) in [5.74, 6) is -4.76. The van der Waals surface area contributed by atoms with Gasteiger partial charge in [-0.3, -0.25) is 9.69 Å². The van der Waals surface area contributed by atoms with Crippen LogP contribution in [0.1, 0.15) is 6.42 Å². The van der Waals surface area contributed by atoms with Gasteiger partial charge in [-0.25, -0.2) is 18.4 Å². The van der Waals surface area contributed by atoms with Crippen LogP contribution in [0.15, 0.2) is 16.5 Å². The number of esters is 1. The van der Waals surface area contributed by atoms with Gasteiger partial charge in [0.25, 0.3) is 0 Å². The molecule has 0 saturated carbocycles. The number of nitrogens with zero attached hydrogens (tertiary/aromatic N) is 3. The lowest BCUT2D eigenvalue weighted by Gasteiger charge is -2.24. The van der Waals surface area contributed by atoms with Gasteiger partial charge in [0.15, 0.2) is 11.6 Å². The molecule has 2 aliphatic heterocycles. The highest BCUT2D eigenvalue weighted by molar-refractivity contribution is 7.87. The number of carbonyl (C=O) groups is 3. The Balaban J connectivity index is 1.77. The number of alkyl halides is 3. The van der Waals surface area contributed by atoms with E-state index < -0.39 is 58.3 Å². The maximum absolute atomic E-state index is 14.8. The van der Waals surface area contributed by atoms with Crippen LogP contribution in [0.5, 0.6) is 0 Å². The van der Waals surface area contributed by atoms with Gasteiger partial charge in [-0.1, -0.05) is 10.7 Å². The first-order valence-electron chi connectivity index (χ1n) is 9.31. The standard InChI is InChI=1S/C18H18F5N3O5S/c1-30-15(27)13-9-26(17(29)31-13)10-7-11(19)14(12(20)8-10)25-3-2-5-32(6-4-25)24-16(28)18(21,22)23/h7-8,13H,2-6,9H2,1H3. The molecule has 2 saturated heterocycles. The van der Waals surface area contributed by atoms with Crippen LogP contribution in [0.4, 0.5) is 38.1 Å². The topological polar surface area (TPSA) is 88.5 Å². The van der Waals surface area contributed by atoms with Crippen LogP contribution in [0, 0.1) is 11.6 Å². The molecule has 2 atom stereocenters. The summed E-state index contributed by atoms with van der Waals surface area (Å²) >= 11 is 0. The van der Waals surface area contributed by atoms with Crippen molar-refractivity contribution in [3.05, 3.63) is 23.8 Å². The number of hydrogen-bond donors (Lipinski definition) is 0. The van der Waals surface area contributed by atoms with Crippen LogP contribution in [-0.2, 0) is 29.8 Å². The Morgan fingerprint density at radius 1 is 1.19 bits per heavy atom. The normalized spacial score (nSPS) is 22.0. The van der Waals surface area contributed by atoms with E-state index in [9.17, 15) is 36.3 Å². The summed E-state index contributed by atoms with van der Waals surface area (Å²) in [6.07, 6.45) is -6.99. The second-order valence-corrected chi connectivity index (χ2v) is 8.79. The summed E-state index contributed by atoms with van der Waals surface area (Å²) in [5, 5.41) is 0. The Hall–Kier alpha value is -2.77. The molecule has 14 heteroatoms. The first kappa shape index (κ1) is 23.9. The van der Waals surface area contributed by atoms with Crippen LogP contribution in [0.25, 0.3) is 0 Å². The van der Waals surface area contributed by atoms with E-state index in [1.54, 1.807) is 0 Å². The van der Waals surface area contributed by atoms with Crippen molar-refractivity contribution >= 4 is 40.0 Å². The molecule has 1 aromatic carbocycles. The third kappa shape index (κ3) is 5.16. The average Bonchev–Trinajstić information content (AvgIpc) is 2.96. The zero-order valence-corrected chi connectivity index (χ0v) is 17.5. The lowest BCUT2D eigenvalue weighted by molar-refractivity contribution is -0.169. The van der Waals surface area contributed by atoms with E-state index in [0.717, 1.165) is 24.1 Å². The number of halogens is 5. The summed E-state index contributed by atoms with van der Waals surface area (Å²) < 4.78 is 79.4. The van der Waals surface area contributed by atoms with Crippen molar-refractivity contribution in [2.75, 3.05) is 48.0 Å². The van der Waals surface area contributed by atoms with E-state index in [4.69, 9.17) is 4.74 Å². The van der Waals surface area contributed by atoms with Crippen LogP contribution < -0.4 is 9.80 Å². The second-order valence-electron chi connectivity index (χ2n) is 6.87. The molecule has 2 aliphatic rings. The van der Waals surface area contributed by atoms with Crippen molar-refractivity contribution < 1.29 is 45.8 Å². The van der Waals surface area contributed by atoms with E-state index in [1.165, 1.54) is 4.90 Å². The van der Waals surface area contributed by atoms with Crippen molar-refractivity contribution in [3.63, 3.8) is 0 Å². The highest BCUT2D eigenvalue weighted by Crippen LogP contribution is 2.32. The van der Waals surface area contributed by atoms with Crippen LogP contribution in [-0.4, -0.2) is 68.5 Å². The average molecular weight is 483 g/mol. The molecule has 3 rings (SSSR count). The Morgan fingerprint density at radius 2 is 1.84 bits per heavy atom. The number of anilines is 2. The van der Waals surface area contributed by atoms with Crippen molar-refractivity contribution in [1.82, 2.24) is 0 Å². The molecule has 0 N–H and O–H groups in total. The first-order chi connectivity index (χ1) is 15.0. The monoisotopic (exact) mass is 483 g/mol. The molecular weight excluding hydrogens is 465 g/mol.